The highest BCUT2D eigenvalue weighted by Crippen LogP contribution is 2.36. The number of phenols is 1. The van der Waals surface area contributed by atoms with Gasteiger partial charge in [-0.2, -0.15) is 15.0 Å². The van der Waals surface area contributed by atoms with Crippen molar-refractivity contribution in [3.8, 4) is 5.75 Å². The zero-order valence-electron chi connectivity index (χ0n) is 21.2. The van der Waals surface area contributed by atoms with Crippen LogP contribution in [0.2, 0.25) is 10.0 Å². The van der Waals surface area contributed by atoms with Crippen LogP contribution in [0.15, 0.2) is 44.8 Å². The molecule has 0 saturated carbocycles. The number of piperidine rings is 2. The molecule has 4 heterocycles. The number of phenolic OH excluding ortho intramolecular Hbond substituents is 1. The van der Waals surface area contributed by atoms with Crippen LogP contribution in [0.4, 0.5) is 17.6 Å². The molecule has 0 atom stereocenters. The van der Waals surface area contributed by atoms with Gasteiger partial charge >= 0.3 is 0 Å². The molecule has 0 spiro atoms. The number of hydrogen-bond donors (Lipinski definition) is 1. The molecule has 12 heteroatoms. The third kappa shape index (κ3) is 6.24. The standard InChI is InChI=1S/C27H27Cl2N7OS2/c28-18-13-17(23(37)20(29)14-18)16-30-19-7-8-21-22(15-19)38-27(31-21)39-26-33-24(35-9-3-1-4-10-35)32-25(34-26)36-11-5-2-6-12-36/h7-8,13-16,37H,1-6,9-12H2. The van der Waals surface area contributed by atoms with Crippen molar-refractivity contribution < 1.29 is 5.11 Å². The third-order valence-electron chi connectivity index (χ3n) is 6.81. The molecule has 39 heavy (non-hydrogen) atoms. The van der Waals surface area contributed by atoms with E-state index in [1.54, 1.807) is 23.6 Å². The maximum absolute atomic E-state index is 10.2. The van der Waals surface area contributed by atoms with E-state index in [1.165, 1.54) is 56.4 Å². The van der Waals surface area contributed by atoms with E-state index in [1.807, 2.05) is 18.2 Å². The fraction of sp³-hybridized carbons (Fsp3) is 0.370. The third-order valence-corrected chi connectivity index (χ3v) is 9.26. The molecule has 1 N–H and O–H groups in total. The van der Waals surface area contributed by atoms with Gasteiger partial charge in [0.1, 0.15) is 5.75 Å². The zero-order valence-corrected chi connectivity index (χ0v) is 24.3. The van der Waals surface area contributed by atoms with Gasteiger partial charge < -0.3 is 14.9 Å². The van der Waals surface area contributed by atoms with Crippen LogP contribution in [0.5, 0.6) is 5.75 Å². The minimum absolute atomic E-state index is 0.0485. The van der Waals surface area contributed by atoms with Gasteiger partial charge in [-0.1, -0.05) is 23.2 Å². The lowest BCUT2D eigenvalue weighted by Gasteiger charge is -2.30. The second-order valence-electron chi connectivity index (χ2n) is 9.63. The number of anilines is 2. The largest absolute Gasteiger partial charge is 0.506 e. The Hall–Kier alpha value is -2.66. The SMILES string of the molecule is Oc1c(Cl)cc(Cl)cc1C=Nc1ccc2nc(Sc3nc(N4CCCCC4)nc(N4CCCCC4)n3)sc2c1. The van der Waals surface area contributed by atoms with Crippen molar-refractivity contribution in [3.05, 3.63) is 45.9 Å². The van der Waals surface area contributed by atoms with Crippen molar-refractivity contribution in [2.75, 3.05) is 36.0 Å². The summed E-state index contributed by atoms with van der Waals surface area (Å²) >= 11 is 15.2. The number of benzene rings is 2. The number of fused-ring (bicyclic) bond motifs is 1. The van der Waals surface area contributed by atoms with Gasteiger partial charge in [-0.15, -0.1) is 11.3 Å². The second kappa shape index (κ2) is 11.8. The fourth-order valence-corrected chi connectivity index (χ4v) is 7.23. The van der Waals surface area contributed by atoms with Crippen molar-refractivity contribution in [1.29, 1.82) is 0 Å². The highest BCUT2D eigenvalue weighted by Gasteiger charge is 2.21. The normalized spacial score (nSPS) is 16.5. The molecule has 0 bridgehead atoms. The predicted octanol–water partition coefficient (Wildman–Crippen LogP) is 7.38. The van der Waals surface area contributed by atoms with Crippen LogP contribution in [0.1, 0.15) is 44.1 Å². The lowest BCUT2D eigenvalue weighted by molar-refractivity contribution is 0.475. The van der Waals surface area contributed by atoms with Gasteiger partial charge in [0.15, 0.2) is 4.34 Å². The van der Waals surface area contributed by atoms with Crippen LogP contribution in [0.25, 0.3) is 10.2 Å². The first-order valence-corrected chi connectivity index (χ1v) is 15.5. The van der Waals surface area contributed by atoms with E-state index in [0.29, 0.717) is 15.7 Å². The van der Waals surface area contributed by atoms with E-state index < -0.39 is 0 Å². The minimum Gasteiger partial charge on any atom is -0.506 e. The van der Waals surface area contributed by atoms with Crippen molar-refractivity contribution in [3.63, 3.8) is 0 Å². The second-order valence-corrected chi connectivity index (χ2v) is 12.7. The van der Waals surface area contributed by atoms with Crippen LogP contribution in [0, 0.1) is 0 Å². The Kier molecular flexibility index (Phi) is 8.06. The molecule has 2 aromatic carbocycles. The van der Waals surface area contributed by atoms with Crippen LogP contribution >= 0.6 is 46.3 Å². The Balaban J connectivity index is 1.26. The van der Waals surface area contributed by atoms with Crippen LogP contribution in [0.3, 0.4) is 0 Å². The molecule has 0 amide bonds. The van der Waals surface area contributed by atoms with E-state index >= 15 is 0 Å². The first kappa shape index (κ1) is 26.6. The number of aromatic hydroxyl groups is 1. The summed E-state index contributed by atoms with van der Waals surface area (Å²) in [6.45, 7) is 3.93. The number of hydrogen-bond acceptors (Lipinski definition) is 10. The minimum atomic E-state index is -0.0485. The molecule has 2 saturated heterocycles. The van der Waals surface area contributed by atoms with Gasteiger partial charge in [-0.05, 0) is 80.6 Å². The Bertz CT molecular complexity index is 1480. The maximum Gasteiger partial charge on any atom is 0.231 e. The molecule has 2 aromatic heterocycles. The summed E-state index contributed by atoms with van der Waals surface area (Å²) in [5, 5.41) is 11.5. The molecular weight excluding hydrogens is 573 g/mol. The van der Waals surface area contributed by atoms with Gasteiger partial charge in [0.05, 0.1) is 20.9 Å². The van der Waals surface area contributed by atoms with Gasteiger partial charge in [-0.3, -0.25) is 4.99 Å². The lowest BCUT2D eigenvalue weighted by atomic mass is 10.1. The average Bonchev–Trinajstić information content (AvgIpc) is 3.36. The van der Waals surface area contributed by atoms with Crippen molar-refractivity contribution >= 4 is 80.3 Å². The van der Waals surface area contributed by atoms with Gasteiger partial charge in [-0.25, -0.2) is 4.98 Å². The summed E-state index contributed by atoms with van der Waals surface area (Å²) in [6, 6.07) is 8.93. The molecule has 0 radical (unpaired) electrons. The average molecular weight is 601 g/mol. The number of thiazole rings is 1. The summed E-state index contributed by atoms with van der Waals surface area (Å²) in [5.74, 6) is 1.50. The van der Waals surface area contributed by atoms with Crippen molar-refractivity contribution in [1.82, 2.24) is 19.9 Å². The number of aromatic nitrogens is 4. The molecule has 202 valence electrons. The monoisotopic (exact) mass is 599 g/mol. The highest BCUT2D eigenvalue weighted by atomic mass is 35.5. The zero-order chi connectivity index (χ0) is 26.8. The van der Waals surface area contributed by atoms with E-state index in [0.717, 1.165) is 58.3 Å². The number of halogens is 2. The molecule has 2 aliphatic heterocycles. The number of nitrogens with zero attached hydrogens (tertiary/aromatic N) is 7. The van der Waals surface area contributed by atoms with Crippen molar-refractivity contribution in [2.24, 2.45) is 4.99 Å². The van der Waals surface area contributed by atoms with E-state index in [4.69, 9.17) is 43.1 Å². The topological polar surface area (TPSA) is 90.6 Å². The summed E-state index contributed by atoms with van der Waals surface area (Å²) in [4.78, 5) is 28.5. The first-order chi connectivity index (χ1) is 19.0. The van der Waals surface area contributed by atoms with Gasteiger partial charge in [0, 0.05) is 43.0 Å². The van der Waals surface area contributed by atoms with E-state index in [-0.39, 0.29) is 10.8 Å². The molecule has 0 unspecified atom stereocenters. The summed E-state index contributed by atoms with van der Waals surface area (Å²) in [5.41, 5.74) is 2.08. The van der Waals surface area contributed by atoms with E-state index in [9.17, 15) is 5.11 Å². The highest BCUT2D eigenvalue weighted by molar-refractivity contribution is 8.01. The number of rotatable bonds is 6. The predicted molar refractivity (Wildman–Crippen MR) is 161 cm³/mol. The Morgan fingerprint density at radius 1 is 0.846 bits per heavy atom. The summed E-state index contributed by atoms with van der Waals surface area (Å²) in [7, 11) is 0. The Morgan fingerprint density at radius 3 is 2.18 bits per heavy atom. The molecule has 2 fully saturated rings. The molecule has 4 aromatic rings. The smallest absolute Gasteiger partial charge is 0.231 e. The summed E-state index contributed by atoms with van der Waals surface area (Å²) in [6.07, 6.45) is 8.74. The Morgan fingerprint density at radius 2 is 1.51 bits per heavy atom. The molecular formula is C27H27Cl2N7OS2. The van der Waals surface area contributed by atoms with Crippen LogP contribution < -0.4 is 9.80 Å². The van der Waals surface area contributed by atoms with Gasteiger partial charge in [0.2, 0.25) is 17.1 Å². The quantitative estimate of drug-likeness (QED) is 0.229. The lowest BCUT2D eigenvalue weighted by Crippen LogP contribution is -2.34. The first-order valence-electron chi connectivity index (χ1n) is 13.1. The van der Waals surface area contributed by atoms with Crippen molar-refractivity contribution in [2.45, 2.75) is 48.0 Å². The maximum atomic E-state index is 10.2. The molecule has 2 aliphatic rings. The van der Waals surface area contributed by atoms with E-state index in [2.05, 4.69) is 14.8 Å². The molecule has 6 rings (SSSR count). The van der Waals surface area contributed by atoms with Crippen LogP contribution in [-0.4, -0.2) is 57.4 Å². The fourth-order valence-electron chi connectivity index (χ4n) is 4.77. The molecule has 0 aliphatic carbocycles. The summed E-state index contributed by atoms with van der Waals surface area (Å²) < 4.78 is 1.87. The Labute approximate surface area is 245 Å². The number of aliphatic imine (C=N–C) groups is 1. The molecule has 8 nitrogen and oxygen atoms in total. The van der Waals surface area contributed by atoms with Gasteiger partial charge in [0.25, 0.3) is 0 Å². The van der Waals surface area contributed by atoms with Crippen LogP contribution in [-0.2, 0) is 0 Å².